The van der Waals surface area contributed by atoms with E-state index in [9.17, 15) is 9.18 Å². The zero-order chi connectivity index (χ0) is 27.1. The van der Waals surface area contributed by atoms with Crippen LogP contribution in [0, 0.1) is 0 Å². The molecule has 1 aromatic carbocycles. The first-order valence-electron chi connectivity index (χ1n) is 13.1. The van der Waals surface area contributed by atoms with Crippen LogP contribution in [0.2, 0.25) is 0 Å². The second-order valence-electron chi connectivity index (χ2n) is 10.3. The van der Waals surface area contributed by atoms with Gasteiger partial charge in [-0.25, -0.2) is 14.4 Å². The molecule has 4 aromatic rings. The molecule has 11 nitrogen and oxygen atoms in total. The summed E-state index contributed by atoms with van der Waals surface area (Å²) in [6.07, 6.45) is 5.51. The van der Waals surface area contributed by atoms with Gasteiger partial charge in [-0.15, -0.1) is 5.10 Å². The van der Waals surface area contributed by atoms with Crippen LogP contribution in [-0.4, -0.2) is 92.5 Å². The van der Waals surface area contributed by atoms with E-state index in [-0.39, 0.29) is 18.4 Å². The number of para-hydroxylation sites is 1. The molecule has 0 spiro atoms. The molecular weight excluding hydrogens is 501 g/mol. The van der Waals surface area contributed by atoms with Gasteiger partial charge in [0.05, 0.1) is 36.2 Å². The van der Waals surface area contributed by atoms with Crippen LogP contribution in [0.25, 0.3) is 22.2 Å². The molecule has 12 heteroatoms. The van der Waals surface area contributed by atoms with Crippen molar-refractivity contribution in [1.29, 1.82) is 0 Å². The van der Waals surface area contributed by atoms with E-state index in [2.05, 4.69) is 42.5 Å². The first kappa shape index (κ1) is 25.3. The summed E-state index contributed by atoms with van der Waals surface area (Å²) in [4.78, 5) is 30.0. The highest BCUT2D eigenvalue weighted by Crippen LogP contribution is 2.34. The highest BCUT2D eigenvalue weighted by atomic mass is 19.1. The van der Waals surface area contributed by atoms with Crippen LogP contribution in [0.3, 0.4) is 0 Å². The van der Waals surface area contributed by atoms with E-state index in [0.717, 1.165) is 36.0 Å². The van der Waals surface area contributed by atoms with Crippen molar-refractivity contribution in [2.45, 2.75) is 31.1 Å². The highest BCUT2D eigenvalue weighted by Gasteiger charge is 2.42. The lowest BCUT2D eigenvalue weighted by molar-refractivity contribution is -0.121. The Labute approximate surface area is 225 Å². The number of rotatable bonds is 7. The Balaban J connectivity index is 1.24. The first-order chi connectivity index (χ1) is 18.9. The van der Waals surface area contributed by atoms with Crippen molar-refractivity contribution in [2.24, 2.45) is 7.05 Å². The number of hydrogen-bond acceptors (Lipinski definition) is 8. The van der Waals surface area contributed by atoms with Gasteiger partial charge in [-0.1, -0.05) is 12.1 Å². The van der Waals surface area contributed by atoms with Crippen LogP contribution >= 0.6 is 0 Å². The average Bonchev–Trinajstić information content (AvgIpc) is 3.70. The summed E-state index contributed by atoms with van der Waals surface area (Å²) in [5.41, 5.74) is 3.66. The van der Waals surface area contributed by atoms with Gasteiger partial charge in [0, 0.05) is 55.9 Å². The number of amides is 1. The number of alkyl halides is 1. The molecule has 2 saturated heterocycles. The number of carbonyl (C=O) groups is 1. The third-order valence-electron chi connectivity index (χ3n) is 7.57. The Morgan fingerprint density at radius 3 is 2.87 bits per heavy atom. The lowest BCUT2D eigenvalue weighted by Gasteiger charge is -2.29. The predicted molar refractivity (Wildman–Crippen MR) is 147 cm³/mol. The zero-order valence-corrected chi connectivity index (χ0v) is 22.2. The zero-order valence-electron chi connectivity index (χ0n) is 22.2. The molecule has 39 heavy (non-hydrogen) atoms. The van der Waals surface area contributed by atoms with E-state index in [1.165, 1.54) is 0 Å². The number of ether oxygens (including phenoxy) is 1. The molecule has 3 aromatic heterocycles. The highest BCUT2D eigenvalue weighted by molar-refractivity contribution is 6.06. The number of fused-ring (bicyclic) bond motifs is 1. The fraction of sp³-hybridized carbons (Fsp3) is 0.407. The minimum absolute atomic E-state index is 0.174. The average molecular weight is 534 g/mol. The molecule has 0 aliphatic carbocycles. The monoisotopic (exact) mass is 533 g/mol. The number of nitrogens with one attached hydrogen (secondary N) is 3. The summed E-state index contributed by atoms with van der Waals surface area (Å²) < 4.78 is 21.4. The summed E-state index contributed by atoms with van der Waals surface area (Å²) in [6, 6.07) is 7.28. The molecule has 6 rings (SSSR count). The number of aryl methyl sites for hydroxylation is 1. The minimum Gasteiger partial charge on any atom is -0.478 e. The third kappa shape index (κ3) is 4.92. The molecule has 0 bridgehead atoms. The van der Waals surface area contributed by atoms with Crippen molar-refractivity contribution in [3.8, 4) is 17.1 Å². The standard InChI is InChI=1S/C27H32FN9O2/c1-35-10-8-17(14-35)37-13-16(28)11-23(37)25(38)31-21-6-4-5-18-19(12-30-24(18)21)20-7-9-29-27(32-20)33-22-15-36(2)34-26(22)39-3/h4-7,9,12,15-17,23,30H,8,10-11,13-14H2,1-3H3,(H,31,38)(H,29,32,33)/t16-,17+,23+/m0/s1. The number of benzene rings is 1. The summed E-state index contributed by atoms with van der Waals surface area (Å²) in [5, 5.41) is 11.4. The number of likely N-dealkylation sites (tertiary alicyclic amines) is 2. The van der Waals surface area contributed by atoms with Gasteiger partial charge < -0.3 is 25.3 Å². The molecule has 2 fully saturated rings. The maximum Gasteiger partial charge on any atom is 0.256 e. The molecule has 0 saturated carbocycles. The number of hydrogen-bond donors (Lipinski definition) is 3. The summed E-state index contributed by atoms with van der Waals surface area (Å²) in [5.74, 6) is 0.670. The topological polar surface area (TPSA) is 116 Å². The van der Waals surface area contributed by atoms with Gasteiger partial charge in [0.25, 0.3) is 5.88 Å². The van der Waals surface area contributed by atoms with Crippen LogP contribution in [0.4, 0.5) is 21.7 Å². The lowest BCUT2D eigenvalue weighted by atomic mass is 10.1. The number of aromatic amines is 1. The van der Waals surface area contributed by atoms with Gasteiger partial charge in [0.2, 0.25) is 11.9 Å². The van der Waals surface area contributed by atoms with Crippen molar-refractivity contribution in [1.82, 2.24) is 34.5 Å². The number of nitrogens with zero attached hydrogens (tertiary/aromatic N) is 6. The molecule has 5 heterocycles. The normalized spacial score (nSPS) is 22.0. The fourth-order valence-corrected chi connectivity index (χ4v) is 5.73. The maximum absolute atomic E-state index is 14.5. The Morgan fingerprint density at radius 2 is 2.08 bits per heavy atom. The number of anilines is 3. The molecule has 0 unspecified atom stereocenters. The van der Waals surface area contributed by atoms with Crippen LogP contribution < -0.4 is 15.4 Å². The van der Waals surface area contributed by atoms with Gasteiger partial charge >= 0.3 is 0 Å². The Bertz CT molecular complexity index is 1500. The van der Waals surface area contributed by atoms with Crippen LogP contribution in [0.1, 0.15) is 12.8 Å². The van der Waals surface area contributed by atoms with Crippen LogP contribution in [-0.2, 0) is 11.8 Å². The lowest BCUT2D eigenvalue weighted by Crippen LogP contribution is -2.46. The second kappa shape index (κ2) is 10.3. The molecule has 0 radical (unpaired) electrons. The van der Waals surface area contributed by atoms with Gasteiger partial charge in [0.1, 0.15) is 11.9 Å². The predicted octanol–water partition coefficient (Wildman–Crippen LogP) is 3.17. The third-order valence-corrected chi connectivity index (χ3v) is 7.57. The second-order valence-corrected chi connectivity index (χ2v) is 10.3. The molecule has 2 aliphatic rings. The smallest absolute Gasteiger partial charge is 0.256 e. The molecule has 3 N–H and O–H groups in total. The van der Waals surface area contributed by atoms with E-state index >= 15 is 0 Å². The van der Waals surface area contributed by atoms with Crippen molar-refractivity contribution in [3.63, 3.8) is 0 Å². The number of methoxy groups -OCH3 is 1. The number of aromatic nitrogens is 5. The number of H-pyrrole nitrogens is 1. The van der Waals surface area contributed by atoms with Crippen molar-refractivity contribution in [3.05, 3.63) is 42.9 Å². The molecule has 3 atom stereocenters. The van der Waals surface area contributed by atoms with Gasteiger partial charge in [-0.3, -0.25) is 14.4 Å². The van der Waals surface area contributed by atoms with Crippen LogP contribution in [0.15, 0.2) is 42.9 Å². The maximum atomic E-state index is 14.5. The largest absolute Gasteiger partial charge is 0.478 e. The molecule has 1 amide bonds. The Morgan fingerprint density at radius 1 is 1.21 bits per heavy atom. The summed E-state index contributed by atoms with van der Waals surface area (Å²) in [6.45, 7) is 2.13. The van der Waals surface area contributed by atoms with Gasteiger partial charge in [-0.2, -0.15) is 0 Å². The number of carbonyl (C=O) groups excluding carboxylic acids is 1. The molecule has 204 valence electrons. The van der Waals surface area contributed by atoms with Crippen molar-refractivity contribution >= 4 is 34.1 Å². The fourth-order valence-electron chi connectivity index (χ4n) is 5.73. The van der Waals surface area contributed by atoms with E-state index in [4.69, 9.17) is 9.72 Å². The number of likely N-dealkylation sites (N-methyl/N-ethyl adjacent to an activating group) is 1. The Kier molecular flexibility index (Phi) is 6.65. The minimum atomic E-state index is -0.994. The number of halogens is 1. The first-order valence-corrected chi connectivity index (χ1v) is 13.1. The van der Waals surface area contributed by atoms with Gasteiger partial charge in [0.15, 0.2) is 0 Å². The molecular formula is C27H32FN9O2. The Hall–Kier alpha value is -4.03. The molecule has 2 aliphatic heterocycles. The summed E-state index contributed by atoms with van der Waals surface area (Å²) in [7, 11) is 5.43. The van der Waals surface area contributed by atoms with Crippen LogP contribution in [0.5, 0.6) is 5.88 Å². The summed E-state index contributed by atoms with van der Waals surface area (Å²) >= 11 is 0. The van der Waals surface area contributed by atoms with Crippen molar-refractivity contribution in [2.75, 3.05) is 44.4 Å². The SMILES string of the molecule is COc1nn(C)cc1Nc1nccc(-c2c[nH]c3c(NC(=O)[C@H]4C[C@H](F)CN4[C@@H]4CCN(C)C4)cccc23)n1. The van der Waals surface area contributed by atoms with E-state index in [0.29, 0.717) is 35.4 Å². The van der Waals surface area contributed by atoms with E-state index < -0.39 is 12.2 Å². The van der Waals surface area contributed by atoms with Crippen molar-refractivity contribution < 1.29 is 13.9 Å². The van der Waals surface area contributed by atoms with E-state index in [1.807, 2.05) is 30.5 Å². The quantitative estimate of drug-likeness (QED) is 0.332. The van der Waals surface area contributed by atoms with Gasteiger partial charge in [-0.05, 0) is 32.1 Å². The van der Waals surface area contributed by atoms with E-state index in [1.54, 1.807) is 31.2 Å².